The first-order chi connectivity index (χ1) is 8.25. The summed E-state index contributed by atoms with van der Waals surface area (Å²) in [6.45, 7) is 0. The van der Waals surface area contributed by atoms with Gasteiger partial charge in [0.25, 0.3) is 0 Å². The maximum absolute atomic E-state index is 11.5. The molecule has 1 aromatic rings. The van der Waals surface area contributed by atoms with Gasteiger partial charge in [0.15, 0.2) is 5.78 Å². The molecule has 0 aliphatic heterocycles. The zero-order chi connectivity index (χ0) is 12.1. The molecule has 0 amide bonds. The molecule has 1 aliphatic rings. The Kier molecular flexibility index (Phi) is 4.16. The van der Waals surface area contributed by atoms with Crippen molar-refractivity contribution in [3.05, 3.63) is 53.1 Å². The zero-order valence-corrected chi connectivity index (χ0v) is 10.4. The minimum absolute atomic E-state index is 0.170. The zero-order valence-electron chi connectivity index (χ0n) is 9.60. The summed E-state index contributed by atoms with van der Waals surface area (Å²) in [6.07, 6.45) is 10.6. The van der Waals surface area contributed by atoms with E-state index in [1.165, 1.54) is 0 Å². The van der Waals surface area contributed by atoms with E-state index >= 15 is 0 Å². The van der Waals surface area contributed by atoms with Gasteiger partial charge < -0.3 is 0 Å². The molecule has 0 aromatic heterocycles. The first-order valence-electron chi connectivity index (χ1n) is 5.88. The van der Waals surface area contributed by atoms with Crippen molar-refractivity contribution in [2.75, 3.05) is 0 Å². The van der Waals surface area contributed by atoms with Gasteiger partial charge in [0, 0.05) is 10.9 Å². The van der Waals surface area contributed by atoms with Crippen molar-refractivity contribution in [1.82, 2.24) is 0 Å². The predicted octanol–water partition coefficient (Wildman–Crippen LogP) is 4.28. The normalized spacial score (nSPS) is 20.1. The summed E-state index contributed by atoms with van der Waals surface area (Å²) in [5.74, 6) is 0.431. The molecule has 1 nitrogen and oxygen atoms in total. The lowest BCUT2D eigenvalue weighted by atomic mass is 9.90. The Morgan fingerprint density at radius 3 is 2.76 bits per heavy atom. The Labute approximate surface area is 107 Å². The van der Waals surface area contributed by atoms with E-state index in [0.717, 1.165) is 29.8 Å². The number of halogens is 1. The minimum atomic E-state index is 0.170. The number of carbonyl (C=O) groups excluding carboxylic acids is 1. The maximum atomic E-state index is 11.5. The Balaban J connectivity index is 1.91. The fraction of sp³-hybridized carbons (Fsp3) is 0.267. The Morgan fingerprint density at radius 2 is 2.06 bits per heavy atom. The van der Waals surface area contributed by atoms with Gasteiger partial charge >= 0.3 is 0 Å². The highest BCUT2D eigenvalue weighted by atomic mass is 35.5. The molecule has 0 saturated carbocycles. The number of rotatable bonds is 3. The molecule has 0 heterocycles. The number of carbonyl (C=O) groups is 1. The van der Waals surface area contributed by atoms with Gasteiger partial charge in [0.1, 0.15) is 0 Å². The van der Waals surface area contributed by atoms with Gasteiger partial charge in [-0.15, -0.1) is 0 Å². The van der Waals surface area contributed by atoms with Crippen LogP contribution in [0.4, 0.5) is 0 Å². The third-order valence-electron chi connectivity index (χ3n) is 2.97. The third kappa shape index (κ3) is 3.57. The molecule has 0 saturated heterocycles. The second kappa shape index (κ2) is 5.83. The lowest BCUT2D eigenvalue weighted by Gasteiger charge is -2.13. The molecular formula is C15H15ClO. The Morgan fingerprint density at radius 1 is 1.29 bits per heavy atom. The van der Waals surface area contributed by atoms with Gasteiger partial charge in [-0.1, -0.05) is 42.0 Å². The van der Waals surface area contributed by atoms with E-state index in [2.05, 4.69) is 6.08 Å². The average molecular weight is 247 g/mol. The van der Waals surface area contributed by atoms with E-state index in [4.69, 9.17) is 11.6 Å². The van der Waals surface area contributed by atoms with Crippen LogP contribution in [0, 0.1) is 5.92 Å². The SMILES string of the molecule is O=C1C=CCCC1C/C=C/c1ccc(Cl)cc1. The van der Waals surface area contributed by atoms with E-state index in [1.54, 1.807) is 6.08 Å². The van der Waals surface area contributed by atoms with E-state index in [0.29, 0.717) is 0 Å². The molecule has 88 valence electrons. The summed E-state index contributed by atoms with van der Waals surface area (Å²) in [7, 11) is 0. The standard InChI is InChI=1S/C15H15ClO/c16-14-10-8-12(9-11-14)4-3-6-13-5-1-2-7-15(13)17/h2-4,7-11,13H,1,5-6H2/b4-3+. The van der Waals surface area contributed by atoms with Crippen LogP contribution < -0.4 is 0 Å². The number of hydrogen-bond acceptors (Lipinski definition) is 1. The topological polar surface area (TPSA) is 17.1 Å². The van der Waals surface area contributed by atoms with Crippen molar-refractivity contribution in [2.24, 2.45) is 5.92 Å². The van der Waals surface area contributed by atoms with Gasteiger partial charge in [-0.2, -0.15) is 0 Å². The molecule has 0 spiro atoms. The van der Waals surface area contributed by atoms with E-state index in [9.17, 15) is 4.79 Å². The van der Waals surface area contributed by atoms with Crippen LogP contribution in [0.25, 0.3) is 6.08 Å². The number of hydrogen-bond donors (Lipinski definition) is 0. The lowest BCUT2D eigenvalue weighted by Crippen LogP contribution is -2.13. The van der Waals surface area contributed by atoms with Crippen molar-refractivity contribution in [3.8, 4) is 0 Å². The second-order valence-electron chi connectivity index (χ2n) is 4.27. The van der Waals surface area contributed by atoms with E-state index in [-0.39, 0.29) is 11.7 Å². The molecule has 17 heavy (non-hydrogen) atoms. The van der Waals surface area contributed by atoms with Crippen molar-refractivity contribution in [3.63, 3.8) is 0 Å². The monoisotopic (exact) mass is 246 g/mol. The number of allylic oxidation sites excluding steroid dienone is 3. The van der Waals surface area contributed by atoms with Gasteiger partial charge in [0.2, 0.25) is 0 Å². The van der Waals surface area contributed by atoms with Gasteiger partial charge in [0.05, 0.1) is 0 Å². The molecule has 1 unspecified atom stereocenters. The molecule has 0 fully saturated rings. The molecule has 0 bridgehead atoms. The average Bonchev–Trinajstić information content (AvgIpc) is 2.34. The molecule has 1 aliphatic carbocycles. The lowest BCUT2D eigenvalue weighted by molar-refractivity contribution is -0.118. The van der Waals surface area contributed by atoms with Crippen molar-refractivity contribution >= 4 is 23.5 Å². The molecule has 1 atom stereocenters. The molecular weight excluding hydrogens is 232 g/mol. The van der Waals surface area contributed by atoms with Crippen molar-refractivity contribution in [1.29, 1.82) is 0 Å². The smallest absolute Gasteiger partial charge is 0.158 e. The predicted molar refractivity (Wildman–Crippen MR) is 72.0 cm³/mol. The molecule has 2 heteroatoms. The van der Waals surface area contributed by atoms with Gasteiger partial charge in [-0.25, -0.2) is 0 Å². The first kappa shape index (κ1) is 12.1. The Bertz CT molecular complexity index is 442. The molecule has 0 radical (unpaired) electrons. The first-order valence-corrected chi connectivity index (χ1v) is 6.26. The minimum Gasteiger partial charge on any atom is -0.295 e. The fourth-order valence-electron chi connectivity index (χ4n) is 1.95. The summed E-state index contributed by atoms with van der Waals surface area (Å²) in [5, 5.41) is 0.745. The molecule has 1 aromatic carbocycles. The van der Waals surface area contributed by atoms with Gasteiger partial charge in [-0.05, 0) is 43.0 Å². The fourth-order valence-corrected chi connectivity index (χ4v) is 2.08. The summed E-state index contributed by atoms with van der Waals surface area (Å²) >= 11 is 5.81. The van der Waals surface area contributed by atoms with E-state index < -0.39 is 0 Å². The third-order valence-corrected chi connectivity index (χ3v) is 3.22. The Hall–Kier alpha value is -1.34. The summed E-state index contributed by atoms with van der Waals surface area (Å²) in [4.78, 5) is 11.5. The van der Waals surface area contributed by atoms with Gasteiger partial charge in [-0.3, -0.25) is 4.79 Å². The molecule has 2 rings (SSSR count). The van der Waals surface area contributed by atoms with Crippen molar-refractivity contribution in [2.45, 2.75) is 19.3 Å². The summed E-state index contributed by atoms with van der Waals surface area (Å²) in [5.41, 5.74) is 1.12. The van der Waals surface area contributed by atoms with Crippen LogP contribution in [0.15, 0.2) is 42.5 Å². The quantitative estimate of drug-likeness (QED) is 0.778. The van der Waals surface area contributed by atoms with Crippen LogP contribution in [0.3, 0.4) is 0 Å². The van der Waals surface area contributed by atoms with E-state index in [1.807, 2.05) is 36.4 Å². The van der Waals surface area contributed by atoms with Crippen LogP contribution in [0.5, 0.6) is 0 Å². The largest absolute Gasteiger partial charge is 0.295 e. The highest BCUT2D eigenvalue weighted by Gasteiger charge is 2.16. The highest BCUT2D eigenvalue weighted by Crippen LogP contribution is 2.19. The maximum Gasteiger partial charge on any atom is 0.158 e. The number of benzene rings is 1. The summed E-state index contributed by atoms with van der Waals surface area (Å²) < 4.78 is 0. The molecule has 0 N–H and O–H groups in total. The second-order valence-corrected chi connectivity index (χ2v) is 4.71. The van der Waals surface area contributed by atoms with Crippen molar-refractivity contribution < 1.29 is 4.79 Å². The van der Waals surface area contributed by atoms with Crippen LogP contribution in [0.2, 0.25) is 5.02 Å². The number of ketones is 1. The van der Waals surface area contributed by atoms with Crippen LogP contribution in [-0.2, 0) is 4.79 Å². The summed E-state index contributed by atoms with van der Waals surface area (Å²) in [6, 6.07) is 7.69. The van der Waals surface area contributed by atoms with Crippen LogP contribution >= 0.6 is 11.6 Å². The van der Waals surface area contributed by atoms with Crippen LogP contribution in [-0.4, -0.2) is 5.78 Å². The highest BCUT2D eigenvalue weighted by molar-refractivity contribution is 6.30. The van der Waals surface area contributed by atoms with Crippen LogP contribution in [0.1, 0.15) is 24.8 Å².